The van der Waals surface area contributed by atoms with Crippen LogP contribution in [-0.2, 0) is 0 Å². The molecule has 2 aromatic rings. The lowest BCUT2D eigenvalue weighted by atomic mass is 9.86. The quantitative estimate of drug-likeness (QED) is 0.909. The lowest BCUT2D eigenvalue weighted by molar-refractivity contribution is 0.0906. The molecule has 0 radical (unpaired) electrons. The molecule has 120 valence electrons. The van der Waals surface area contributed by atoms with E-state index < -0.39 is 0 Å². The number of rotatable bonds is 4. The van der Waals surface area contributed by atoms with Crippen molar-refractivity contribution in [2.24, 2.45) is 5.92 Å². The van der Waals surface area contributed by atoms with Gasteiger partial charge in [0, 0.05) is 36.8 Å². The molecule has 1 aliphatic rings. The smallest absolute Gasteiger partial charge is 0.253 e. The fourth-order valence-electron chi connectivity index (χ4n) is 3.18. The molecule has 0 aliphatic heterocycles. The highest BCUT2D eigenvalue weighted by atomic mass is 16.3. The molecule has 1 amide bonds. The normalized spacial score (nSPS) is 20.9. The van der Waals surface area contributed by atoms with E-state index in [4.69, 9.17) is 0 Å². The molecule has 2 heterocycles. The second-order valence-electron chi connectivity index (χ2n) is 6.02. The fourth-order valence-corrected chi connectivity index (χ4v) is 3.18. The van der Waals surface area contributed by atoms with Crippen molar-refractivity contribution in [3.63, 3.8) is 0 Å². The van der Waals surface area contributed by atoms with Crippen molar-refractivity contribution in [1.82, 2.24) is 15.3 Å². The van der Waals surface area contributed by atoms with Gasteiger partial charge in [-0.2, -0.15) is 0 Å². The van der Waals surface area contributed by atoms with Crippen molar-refractivity contribution in [2.75, 3.05) is 6.61 Å². The predicted molar refractivity (Wildman–Crippen MR) is 87.8 cm³/mol. The molecule has 0 aromatic carbocycles. The van der Waals surface area contributed by atoms with Crippen molar-refractivity contribution in [3.05, 3.63) is 48.4 Å². The third-order valence-electron chi connectivity index (χ3n) is 4.38. The molecule has 2 aromatic heterocycles. The number of nitrogens with one attached hydrogen (secondary N) is 1. The van der Waals surface area contributed by atoms with Crippen LogP contribution in [0, 0.1) is 5.92 Å². The highest BCUT2D eigenvalue weighted by molar-refractivity contribution is 5.99. The zero-order valence-electron chi connectivity index (χ0n) is 13.0. The van der Waals surface area contributed by atoms with Gasteiger partial charge >= 0.3 is 0 Å². The first-order chi connectivity index (χ1) is 11.3. The number of carbonyl (C=O) groups excluding carboxylic acids is 1. The second kappa shape index (κ2) is 7.33. The Balaban J connectivity index is 1.78. The molecule has 2 atom stereocenters. The van der Waals surface area contributed by atoms with E-state index in [9.17, 15) is 9.90 Å². The van der Waals surface area contributed by atoms with Gasteiger partial charge in [0.2, 0.25) is 0 Å². The van der Waals surface area contributed by atoms with Crippen LogP contribution in [0.3, 0.4) is 0 Å². The van der Waals surface area contributed by atoms with Crippen LogP contribution >= 0.6 is 0 Å². The summed E-state index contributed by atoms with van der Waals surface area (Å²) in [5.74, 6) is 0.191. The summed E-state index contributed by atoms with van der Waals surface area (Å²) < 4.78 is 0. The molecule has 5 nitrogen and oxygen atoms in total. The summed E-state index contributed by atoms with van der Waals surface area (Å²) >= 11 is 0. The van der Waals surface area contributed by atoms with Crippen molar-refractivity contribution in [2.45, 2.75) is 31.7 Å². The Morgan fingerprint density at radius 1 is 1.22 bits per heavy atom. The van der Waals surface area contributed by atoms with Gasteiger partial charge in [-0.15, -0.1) is 0 Å². The zero-order valence-corrected chi connectivity index (χ0v) is 13.0. The Labute approximate surface area is 135 Å². The summed E-state index contributed by atoms with van der Waals surface area (Å²) in [6.07, 6.45) is 8.96. The highest BCUT2D eigenvalue weighted by Gasteiger charge is 2.24. The van der Waals surface area contributed by atoms with E-state index in [1.54, 1.807) is 30.7 Å². The van der Waals surface area contributed by atoms with Crippen LogP contribution in [0.4, 0.5) is 0 Å². The van der Waals surface area contributed by atoms with E-state index in [0.29, 0.717) is 17.2 Å². The average molecular weight is 311 g/mol. The lowest BCUT2D eigenvalue weighted by Crippen LogP contribution is -2.39. The largest absolute Gasteiger partial charge is 0.396 e. The average Bonchev–Trinajstić information content (AvgIpc) is 2.62. The van der Waals surface area contributed by atoms with Crippen molar-refractivity contribution >= 4 is 5.91 Å². The molecular weight excluding hydrogens is 290 g/mol. The first-order valence-electron chi connectivity index (χ1n) is 8.05. The van der Waals surface area contributed by atoms with E-state index in [0.717, 1.165) is 31.2 Å². The Kier molecular flexibility index (Phi) is 4.98. The van der Waals surface area contributed by atoms with Crippen LogP contribution in [0.5, 0.6) is 0 Å². The molecular formula is C18H21N3O2. The molecule has 1 fully saturated rings. The summed E-state index contributed by atoms with van der Waals surface area (Å²) in [5.41, 5.74) is 2.12. The van der Waals surface area contributed by atoms with Gasteiger partial charge in [-0.05, 0) is 49.4 Å². The maximum absolute atomic E-state index is 12.7. The van der Waals surface area contributed by atoms with E-state index in [1.165, 1.54) is 0 Å². The third kappa shape index (κ3) is 3.74. The van der Waals surface area contributed by atoms with Crippen LogP contribution < -0.4 is 5.32 Å². The molecule has 0 bridgehead atoms. The van der Waals surface area contributed by atoms with E-state index >= 15 is 0 Å². The minimum absolute atomic E-state index is 0.103. The molecule has 23 heavy (non-hydrogen) atoms. The second-order valence-corrected chi connectivity index (χ2v) is 6.02. The zero-order chi connectivity index (χ0) is 16.1. The number of amides is 1. The number of aliphatic hydroxyl groups is 1. The number of nitrogens with zero attached hydrogens (tertiary/aromatic N) is 2. The van der Waals surface area contributed by atoms with Crippen LogP contribution in [0.15, 0.2) is 42.9 Å². The van der Waals surface area contributed by atoms with Gasteiger partial charge in [-0.1, -0.05) is 6.42 Å². The topological polar surface area (TPSA) is 75.1 Å². The van der Waals surface area contributed by atoms with Gasteiger partial charge in [0.25, 0.3) is 5.91 Å². The number of aliphatic hydroxyl groups excluding tert-OH is 1. The lowest BCUT2D eigenvalue weighted by Gasteiger charge is -2.28. The summed E-state index contributed by atoms with van der Waals surface area (Å²) in [7, 11) is 0. The van der Waals surface area contributed by atoms with Gasteiger partial charge in [0.1, 0.15) is 0 Å². The van der Waals surface area contributed by atoms with Gasteiger partial charge in [-0.3, -0.25) is 14.8 Å². The maximum atomic E-state index is 12.7. The standard InChI is InChI=1S/C18H21N3O2/c22-12-13-3-1-4-15(11-13)21-18(23)16-5-2-8-20-17(16)14-6-9-19-10-7-14/h2,5-10,13,15,22H,1,3-4,11-12H2,(H,21,23)/t13-,15+/m1/s1. The number of pyridine rings is 2. The van der Waals surface area contributed by atoms with Crippen molar-refractivity contribution in [1.29, 1.82) is 0 Å². The Hall–Kier alpha value is -2.27. The number of aromatic nitrogens is 2. The SMILES string of the molecule is O=C(N[C@H]1CCC[C@@H](CO)C1)c1cccnc1-c1ccncc1. The molecule has 3 rings (SSSR count). The summed E-state index contributed by atoms with van der Waals surface area (Å²) in [6, 6.07) is 7.39. The highest BCUT2D eigenvalue weighted by Crippen LogP contribution is 2.25. The van der Waals surface area contributed by atoms with Crippen molar-refractivity contribution < 1.29 is 9.90 Å². The fraction of sp³-hybridized carbons (Fsp3) is 0.389. The molecule has 0 unspecified atom stereocenters. The van der Waals surface area contributed by atoms with E-state index in [-0.39, 0.29) is 18.6 Å². The van der Waals surface area contributed by atoms with E-state index in [1.807, 2.05) is 12.1 Å². The molecule has 5 heteroatoms. The molecule has 1 aliphatic carbocycles. The Morgan fingerprint density at radius 2 is 2.04 bits per heavy atom. The maximum Gasteiger partial charge on any atom is 0.253 e. The summed E-state index contributed by atoms with van der Waals surface area (Å²) in [4.78, 5) is 21.0. The van der Waals surface area contributed by atoms with E-state index in [2.05, 4.69) is 15.3 Å². The number of hydrogen-bond donors (Lipinski definition) is 2. The summed E-state index contributed by atoms with van der Waals surface area (Å²) in [5, 5.41) is 12.4. The van der Waals surface area contributed by atoms with Crippen molar-refractivity contribution in [3.8, 4) is 11.3 Å². The first kappa shape index (κ1) is 15.6. The molecule has 2 N–H and O–H groups in total. The van der Waals surface area contributed by atoms with Gasteiger partial charge in [-0.25, -0.2) is 0 Å². The monoisotopic (exact) mass is 311 g/mol. The van der Waals surface area contributed by atoms with Crippen LogP contribution in [0.25, 0.3) is 11.3 Å². The van der Waals surface area contributed by atoms with Crippen LogP contribution in [0.1, 0.15) is 36.0 Å². The van der Waals surface area contributed by atoms with Gasteiger partial charge in [0.15, 0.2) is 0 Å². The van der Waals surface area contributed by atoms with Crippen LogP contribution in [-0.4, -0.2) is 33.6 Å². The number of hydrogen-bond acceptors (Lipinski definition) is 4. The third-order valence-corrected chi connectivity index (χ3v) is 4.38. The molecule has 0 spiro atoms. The molecule has 0 saturated heterocycles. The Morgan fingerprint density at radius 3 is 2.83 bits per heavy atom. The number of carbonyl (C=O) groups is 1. The minimum Gasteiger partial charge on any atom is -0.396 e. The van der Waals surface area contributed by atoms with Crippen LogP contribution in [0.2, 0.25) is 0 Å². The Bertz CT molecular complexity index is 660. The first-order valence-corrected chi connectivity index (χ1v) is 8.05. The summed E-state index contributed by atoms with van der Waals surface area (Å²) in [6.45, 7) is 0.196. The van der Waals surface area contributed by atoms with Gasteiger partial charge < -0.3 is 10.4 Å². The minimum atomic E-state index is -0.103. The predicted octanol–water partition coefficient (Wildman–Crippen LogP) is 2.42. The van der Waals surface area contributed by atoms with Gasteiger partial charge in [0.05, 0.1) is 11.3 Å². The molecule has 1 saturated carbocycles.